The molecule has 0 aliphatic carbocycles. The van der Waals surface area contributed by atoms with Gasteiger partial charge in [0.1, 0.15) is 18.1 Å². The van der Waals surface area contributed by atoms with E-state index in [1.807, 2.05) is 36.4 Å². The van der Waals surface area contributed by atoms with Crippen molar-refractivity contribution in [3.63, 3.8) is 0 Å². The molecule has 0 saturated heterocycles. The van der Waals surface area contributed by atoms with Crippen molar-refractivity contribution < 1.29 is 9.47 Å². The molecule has 0 atom stereocenters. The average Bonchev–Trinajstić information content (AvgIpc) is 2.44. The van der Waals surface area contributed by atoms with Crippen molar-refractivity contribution in [3.8, 4) is 11.5 Å². The number of methoxy groups -OCH3 is 1. The Morgan fingerprint density at radius 3 is 2.80 bits per heavy atom. The van der Waals surface area contributed by atoms with Crippen LogP contribution in [-0.4, -0.2) is 20.3 Å². The van der Waals surface area contributed by atoms with Gasteiger partial charge in [-0.2, -0.15) is 0 Å². The minimum atomic E-state index is 0.548. The zero-order valence-electron chi connectivity index (χ0n) is 11.0. The average molecular weight is 357 g/mol. The van der Waals surface area contributed by atoms with Crippen LogP contribution in [0, 0.1) is 0 Å². The number of halogens is 2. The van der Waals surface area contributed by atoms with Gasteiger partial charge in [-0.25, -0.2) is 0 Å². The number of rotatable bonds is 6. The summed E-state index contributed by atoms with van der Waals surface area (Å²) in [5, 5.41) is 3.91. The molecule has 0 aliphatic heterocycles. The van der Waals surface area contributed by atoms with E-state index in [0.29, 0.717) is 18.2 Å². The van der Waals surface area contributed by atoms with E-state index in [-0.39, 0.29) is 0 Å². The highest BCUT2D eigenvalue weighted by Gasteiger charge is 2.03. The molecule has 106 valence electrons. The molecule has 5 heteroatoms. The van der Waals surface area contributed by atoms with E-state index in [2.05, 4.69) is 21.2 Å². The van der Waals surface area contributed by atoms with Crippen molar-refractivity contribution >= 4 is 33.2 Å². The Bertz CT molecular complexity index is 578. The summed E-state index contributed by atoms with van der Waals surface area (Å²) in [6.07, 6.45) is 0. The molecule has 0 aliphatic rings. The number of nitrogens with one attached hydrogen (secondary N) is 1. The van der Waals surface area contributed by atoms with Crippen molar-refractivity contribution in [1.82, 2.24) is 0 Å². The van der Waals surface area contributed by atoms with Gasteiger partial charge in [-0.15, -0.1) is 0 Å². The van der Waals surface area contributed by atoms with Crippen LogP contribution in [0.25, 0.3) is 0 Å². The molecule has 2 rings (SSSR count). The maximum atomic E-state index is 5.97. The lowest BCUT2D eigenvalue weighted by molar-refractivity contribution is 0.332. The lowest BCUT2D eigenvalue weighted by Crippen LogP contribution is -2.12. The maximum absolute atomic E-state index is 5.97. The highest BCUT2D eigenvalue weighted by Crippen LogP contribution is 2.27. The molecule has 0 unspecified atom stereocenters. The van der Waals surface area contributed by atoms with Crippen LogP contribution in [0.1, 0.15) is 0 Å². The Morgan fingerprint density at radius 1 is 1.20 bits per heavy atom. The van der Waals surface area contributed by atoms with E-state index in [1.54, 1.807) is 13.2 Å². The Balaban J connectivity index is 1.85. The van der Waals surface area contributed by atoms with E-state index >= 15 is 0 Å². The SMILES string of the molecule is COc1ccc(Cl)cc1NCCOc1cccc(Br)c1. The van der Waals surface area contributed by atoms with Crippen LogP contribution in [0.2, 0.25) is 5.02 Å². The zero-order valence-corrected chi connectivity index (χ0v) is 13.4. The first kappa shape index (κ1) is 15.0. The fourth-order valence-electron chi connectivity index (χ4n) is 1.73. The van der Waals surface area contributed by atoms with Crippen LogP contribution in [-0.2, 0) is 0 Å². The monoisotopic (exact) mass is 355 g/mol. The molecule has 0 saturated carbocycles. The standard InChI is InChI=1S/C15H15BrClNO2/c1-19-15-6-5-12(17)10-14(15)18-7-8-20-13-4-2-3-11(16)9-13/h2-6,9-10,18H,7-8H2,1H3. The van der Waals surface area contributed by atoms with Gasteiger partial charge in [0.05, 0.1) is 12.8 Å². The molecule has 0 bridgehead atoms. The molecule has 2 aromatic carbocycles. The van der Waals surface area contributed by atoms with Crippen molar-refractivity contribution in [2.24, 2.45) is 0 Å². The smallest absolute Gasteiger partial charge is 0.142 e. The van der Waals surface area contributed by atoms with Gasteiger partial charge >= 0.3 is 0 Å². The first-order chi connectivity index (χ1) is 9.69. The van der Waals surface area contributed by atoms with Gasteiger partial charge in [0.25, 0.3) is 0 Å². The van der Waals surface area contributed by atoms with Crippen LogP contribution in [0.3, 0.4) is 0 Å². The highest BCUT2D eigenvalue weighted by atomic mass is 79.9. The third kappa shape index (κ3) is 4.32. The van der Waals surface area contributed by atoms with Gasteiger partial charge in [0.15, 0.2) is 0 Å². The Morgan fingerprint density at radius 2 is 2.05 bits per heavy atom. The number of hydrogen-bond acceptors (Lipinski definition) is 3. The molecule has 1 N–H and O–H groups in total. The summed E-state index contributed by atoms with van der Waals surface area (Å²) in [4.78, 5) is 0. The van der Waals surface area contributed by atoms with Crippen molar-refractivity contribution in [2.45, 2.75) is 0 Å². The van der Waals surface area contributed by atoms with E-state index in [9.17, 15) is 0 Å². The van der Waals surface area contributed by atoms with E-state index in [0.717, 1.165) is 21.7 Å². The second-order valence-electron chi connectivity index (χ2n) is 4.08. The second kappa shape index (κ2) is 7.41. The maximum Gasteiger partial charge on any atom is 0.142 e. The number of ether oxygens (including phenoxy) is 2. The summed E-state index contributed by atoms with van der Waals surface area (Å²) in [5.41, 5.74) is 0.859. The lowest BCUT2D eigenvalue weighted by atomic mass is 10.3. The topological polar surface area (TPSA) is 30.5 Å². The van der Waals surface area contributed by atoms with Crippen LogP contribution in [0.5, 0.6) is 11.5 Å². The van der Waals surface area contributed by atoms with Crippen molar-refractivity contribution in [2.75, 3.05) is 25.6 Å². The molecule has 2 aromatic rings. The van der Waals surface area contributed by atoms with Crippen LogP contribution < -0.4 is 14.8 Å². The van der Waals surface area contributed by atoms with Gasteiger partial charge in [-0.1, -0.05) is 33.6 Å². The third-order valence-electron chi connectivity index (χ3n) is 2.64. The molecule has 0 radical (unpaired) electrons. The van der Waals surface area contributed by atoms with Crippen LogP contribution in [0.15, 0.2) is 46.9 Å². The fourth-order valence-corrected chi connectivity index (χ4v) is 2.28. The van der Waals surface area contributed by atoms with E-state index in [4.69, 9.17) is 21.1 Å². The van der Waals surface area contributed by atoms with Crippen LogP contribution >= 0.6 is 27.5 Å². The lowest BCUT2D eigenvalue weighted by Gasteiger charge is -2.12. The molecular formula is C15H15BrClNO2. The molecule has 0 spiro atoms. The largest absolute Gasteiger partial charge is 0.495 e. The molecular weight excluding hydrogens is 342 g/mol. The van der Waals surface area contributed by atoms with Gasteiger partial charge in [0.2, 0.25) is 0 Å². The van der Waals surface area contributed by atoms with Gasteiger partial charge < -0.3 is 14.8 Å². The summed E-state index contributed by atoms with van der Waals surface area (Å²) in [6, 6.07) is 13.2. The minimum absolute atomic E-state index is 0.548. The van der Waals surface area contributed by atoms with Crippen LogP contribution in [0.4, 0.5) is 5.69 Å². The number of anilines is 1. The molecule has 20 heavy (non-hydrogen) atoms. The summed E-state index contributed by atoms with van der Waals surface area (Å²) < 4.78 is 11.9. The number of benzene rings is 2. The number of hydrogen-bond donors (Lipinski definition) is 1. The predicted molar refractivity (Wildman–Crippen MR) is 86.1 cm³/mol. The summed E-state index contributed by atoms with van der Waals surface area (Å²) in [7, 11) is 1.63. The second-order valence-corrected chi connectivity index (χ2v) is 5.43. The first-order valence-corrected chi connectivity index (χ1v) is 7.32. The zero-order chi connectivity index (χ0) is 14.4. The summed E-state index contributed by atoms with van der Waals surface area (Å²) in [5.74, 6) is 1.59. The fraction of sp³-hybridized carbons (Fsp3) is 0.200. The summed E-state index contributed by atoms with van der Waals surface area (Å²) >= 11 is 9.38. The Labute approximate surface area is 132 Å². The first-order valence-electron chi connectivity index (χ1n) is 6.15. The van der Waals surface area contributed by atoms with Crippen molar-refractivity contribution in [1.29, 1.82) is 0 Å². The quantitative estimate of drug-likeness (QED) is 0.767. The van der Waals surface area contributed by atoms with Gasteiger partial charge in [-0.3, -0.25) is 0 Å². The molecule has 0 fully saturated rings. The van der Waals surface area contributed by atoms with Crippen molar-refractivity contribution in [3.05, 3.63) is 52.0 Å². The van der Waals surface area contributed by atoms with Gasteiger partial charge in [0, 0.05) is 16.0 Å². The highest BCUT2D eigenvalue weighted by molar-refractivity contribution is 9.10. The minimum Gasteiger partial charge on any atom is -0.495 e. The predicted octanol–water partition coefficient (Wildman–Crippen LogP) is 4.60. The molecule has 0 aromatic heterocycles. The van der Waals surface area contributed by atoms with E-state index < -0.39 is 0 Å². The Kier molecular flexibility index (Phi) is 5.56. The molecule has 0 heterocycles. The molecule has 0 amide bonds. The van der Waals surface area contributed by atoms with Gasteiger partial charge in [-0.05, 0) is 36.4 Å². The Hall–Kier alpha value is -1.39. The molecule has 3 nitrogen and oxygen atoms in total. The van der Waals surface area contributed by atoms with E-state index in [1.165, 1.54) is 0 Å². The normalized spacial score (nSPS) is 10.2. The summed E-state index contributed by atoms with van der Waals surface area (Å²) in [6.45, 7) is 1.20. The third-order valence-corrected chi connectivity index (χ3v) is 3.37.